The SMILES string of the molecule is Cc1ccccc1N(C)c1ncc(C(F)(F)F)c(Sc2ccccc2)n1. The fraction of sp³-hybridized carbons (Fsp3) is 0.158. The molecule has 0 bridgehead atoms. The summed E-state index contributed by atoms with van der Waals surface area (Å²) in [4.78, 5) is 10.5. The van der Waals surface area contributed by atoms with E-state index in [2.05, 4.69) is 9.97 Å². The van der Waals surface area contributed by atoms with Crippen LogP contribution in [-0.4, -0.2) is 17.0 Å². The predicted molar refractivity (Wildman–Crippen MR) is 96.8 cm³/mol. The highest BCUT2D eigenvalue weighted by Crippen LogP contribution is 2.39. The van der Waals surface area contributed by atoms with Crippen LogP contribution < -0.4 is 4.90 Å². The van der Waals surface area contributed by atoms with Gasteiger partial charge in [-0.25, -0.2) is 9.97 Å². The number of benzene rings is 2. The zero-order valence-corrected chi connectivity index (χ0v) is 15.0. The highest BCUT2D eigenvalue weighted by molar-refractivity contribution is 7.99. The zero-order valence-electron chi connectivity index (χ0n) is 14.2. The Morgan fingerprint density at radius 2 is 1.62 bits per heavy atom. The molecule has 0 saturated heterocycles. The Morgan fingerprint density at radius 1 is 0.962 bits per heavy atom. The lowest BCUT2D eigenvalue weighted by atomic mass is 10.2. The standard InChI is InChI=1S/C19H16F3N3S/c1-13-8-6-7-11-16(13)25(2)18-23-12-15(19(20,21)22)17(24-18)26-14-9-4-3-5-10-14/h3-12H,1-2H3. The molecular weight excluding hydrogens is 359 g/mol. The van der Waals surface area contributed by atoms with Crippen LogP contribution >= 0.6 is 11.8 Å². The van der Waals surface area contributed by atoms with Gasteiger partial charge < -0.3 is 4.90 Å². The molecule has 0 spiro atoms. The topological polar surface area (TPSA) is 29.0 Å². The minimum absolute atomic E-state index is 0.117. The van der Waals surface area contributed by atoms with Crippen LogP contribution in [0, 0.1) is 6.92 Å². The van der Waals surface area contributed by atoms with Gasteiger partial charge >= 0.3 is 6.18 Å². The van der Waals surface area contributed by atoms with E-state index in [9.17, 15) is 13.2 Å². The number of alkyl halides is 3. The van der Waals surface area contributed by atoms with Gasteiger partial charge in [0.2, 0.25) is 5.95 Å². The summed E-state index contributed by atoms with van der Waals surface area (Å²) in [5, 5.41) is -0.117. The number of anilines is 2. The van der Waals surface area contributed by atoms with Gasteiger partial charge in [-0.2, -0.15) is 13.2 Å². The van der Waals surface area contributed by atoms with E-state index < -0.39 is 11.7 Å². The third-order valence-corrected chi connectivity index (χ3v) is 4.79. The molecule has 0 aliphatic rings. The number of nitrogens with zero attached hydrogens (tertiary/aromatic N) is 3. The molecule has 134 valence electrons. The van der Waals surface area contributed by atoms with Gasteiger partial charge in [0.15, 0.2) is 0 Å². The first-order valence-electron chi connectivity index (χ1n) is 7.83. The summed E-state index contributed by atoms with van der Waals surface area (Å²) in [7, 11) is 1.74. The monoisotopic (exact) mass is 375 g/mol. The van der Waals surface area contributed by atoms with Crippen LogP contribution in [0.4, 0.5) is 24.8 Å². The van der Waals surface area contributed by atoms with Crippen molar-refractivity contribution >= 4 is 23.4 Å². The quantitative estimate of drug-likeness (QED) is 0.545. The van der Waals surface area contributed by atoms with Crippen molar-refractivity contribution in [3.8, 4) is 0 Å². The van der Waals surface area contributed by atoms with Crippen molar-refractivity contribution in [2.24, 2.45) is 0 Å². The van der Waals surface area contributed by atoms with Gasteiger partial charge in [0, 0.05) is 23.8 Å². The molecule has 0 saturated carbocycles. The molecule has 0 aliphatic heterocycles. The van der Waals surface area contributed by atoms with E-state index in [0.717, 1.165) is 29.2 Å². The van der Waals surface area contributed by atoms with Crippen LogP contribution in [0.1, 0.15) is 11.1 Å². The molecule has 3 rings (SSSR count). The maximum Gasteiger partial charge on any atom is 0.420 e. The van der Waals surface area contributed by atoms with Gasteiger partial charge in [-0.3, -0.25) is 0 Å². The second kappa shape index (κ2) is 7.37. The van der Waals surface area contributed by atoms with Gasteiger partial charge in [0.25, 0.3) is 0 Å². The number of aryl methyl sites for hydroxylation is 1. The Bertz CT molecular complexity index is 898. The number of hydrogen-bond donors (Lipinski definition) is 0. The Hall–Kier alpha value is -2.54. The third-order valence-electron chi connectivity index (χ3n) is 3.78. The summed E-state index contributed by atoms with van der Waals surface area (Å²) in [6, 6.07) is 16.4. The number of aromatic nitrogens is 2. The van der Waals surface area contributed by atoms with Crippen LogP contribution in [0.5, 0.6) is 0 Å². The fourth-order valence-electron chi connectivity index (χ4n) is 2.44. The lowest BCUT2D eigenvalue weighted by Crippen LogP contribution is -2.17. The van der Waals surface area contributed by atoms with E-state index in [1.54, 1.807) is 36.2 Å². The highest BCUT2D eigenvalue weighted by Gasteiger charge is 2.35. The van der Waals surface area contributed by atoms with Crippen LogP contribution in [-0.2, 0) is 6.18 Å². The molecule has 3 nitrogen and oxygen atoms in total. The molecule has 0 aliphatic carbocycles. The summed E-state index contributed by atoms with van der Waals surface area (Å²) in [5.74, 6) is 0.214. The number of halogens is 3. The van der Waals surface area contributed by atoms with Crippen LogP contribution in [0.3, 0.4) is 0 Å². The van der Waals surface area contributed by atoms with Crippen LogP contribution in [0.15, 0.2) is 70.7 Å². The van der Waals surface area contributed by atoms with Gasteiger partial charge in [-0.1, -0.05) is 48.2 Å². The second-order valence-electron chi connectivity index (χ2n) is 5.65. The smallest absolute Gasteiger partial charge is 0.313 e. The van der Waals surface area contributed by atoms with Crippen LogP contribution in [0.25, 0.3) is 0 Å². The predicted octanol–water partition coefficient (Wildman–Crippen LogP) is 5.72. The first-order chi connectivity index (χ1) is 12.4. The minimum Gasteiger partial charge on any atom is -0.313 e. The molecule has 26 heavy (non-hydrogen) atoms. The summed E-state index contributed by atoms with van der Waals surface area (Å²) < 4.78 is 40.1. The van der Waals surface area contributed by atoms with E-state index in [4.69, 9.17) is 0 Å². The van der Waals surface area contributed by atoms with Crippen molar-refractivity contribution in [1.29, 1.82) is 0 Å². The maximum absolute atomic E-state index is 13.4. The first-order valence-corrected chi connectivity index (χ1v) is 8.64. The molecule has 1 heterocycles. The lowest BCUT2D eigenvalue weighted by Gasteiger charge is -2.21. The molecule has 7 heteroatoms. The molecule has 0 unspecified atom stereocenters. The van der Waals surface area contributed by atoms with Gasteiger partial charge in [-0.05, 0) is 30.7 Å². The van der Waals surface area contributed by atoms with E-state index in [-0.39, 0.29) is 11.0 Å². The molecule has 0 fully saturated rings. The van der Waals surface area contributed by atoms with E-state index >= 15 is 0 Å². The summed E-state index contributed by atoms with van der Waals surface area (Å²) >= 11 is 0.974. The van der Waals surface area contributed by atoms with Crippen LogP contribution in [0.2, 0.25) is 0 Å². The summed E-state index contributed by atoms with van der Waals surface area (Å²) in [5.41, 5.74) is 0.979. The van der Waals surface area contributed by atoms with E-state index in [1.807, 2.05) is 37.3 Å². The molecule has 0 N–H and O–H groups in total. The third kappa shape index (κ3) is 3.99. The summed E-state index contributed by atoms with van der Waals surface area (Å²) in [6.45, 7) is 1.93. The van der Waals surface area contributed by atoms with Crippen molar-refractivity contribution in [3.05, 3.63) is 71.9 Å². The Kier molecular flexibility index (Phi) is 5.18. The van der Waals surface area contributed by atoms with Crippen molar-refractivity contribution in [2.75, 3.05) is 11.9 Å². The Labute approximate surface area is 153 Å². The largest absolute Gasteiger partial charge is 0.420 e. The molecule has 2 aromatic carbocycles. The van der Waals surface area contributed by atoms with Gasteiger partial charge in [0.1, 0.15) is 10.6 Å². The van der Waals surface area contributed by atoms with Crippen molar-refractivity contribution in [1.82, 2.24) is 9.97 Å². The Morgan fingerprint density at radius 3 is 2.27 bits per heavy atom. The van der Waals surface area contributed by atoms with Gasteiger partial charge in [0.05, 0.1) is 0 Å². The fourth-order valence-corrected chi connectivity index (χ4v) is 3.36. The number of para-hydroxylation sites is 1. The van der Waals surface area contributed by atoms with Crippen molar-refractivity contribution in [2.45, 2.75) is 23.0 Å². The first kappa shape index (κ1) is 18.3. The van der Waals surface area contributed by atoms with Crippen molar-refractivity contribution < 1.29 is 13.2 Å². The normalized spacial score (nSPS) is 11.4. The average Bonchev–Trinajstić information content (AvgIpc) is 2.61. The molecule has 3 aromatic rings. The summed E-state index contributed by atoms with van der Waals surface area (Å²) in [6.07, 6.45) is -3.67. The number of rotatable bonds is 4. The highest BCUT2D eigenvalue weighted by atomic mass is 32.2. The molecule has 1 aromatic heterocycles. The molecular formula is C19H16F3N3S. The lowest BCUT2D eigenvalue weighted by molar-refractivity contribution is -0.140. The minimum atomic E-state index is -4.52. The Balaban J connectivity index is 2.03. The maximum atomic E-state index is 13.4. The zero-order chi connectivity index (χ0) is 18.7. The van der Waals surface area contributed by atoms with E-state index in [0.29, 0.717) is 4.90 Å². The molecule has 0 amide bonds. The van der Waals surface area contributed by atoms with Crippen molar-refractivity contribution in [3.63, 3.8) is 0 Å². The second-order valence-corrected chi connectivity index (χ2v) is 6.71. The number of hydrogen-bond acceptors (Lipinski definition) is 4. The molecule has 0 radical (unpaired) electrons. The van der Waals surface area contributed by atoms with E-state index in [1.165, 1.54) is 0 Å². The molecule has 0 atom stereocenters. The average molecular weight is 375 g/mol. The van der Waals surface area contributed by atoms with Gasteiger partial charge in [-0.15, -0.1) is 0 Å².